The molecule has 2 N–H and O–H groups in total. The van der Waals surface area contributed by atoms with Crippen LogP contribution < -0.4 is 25.0 Å². The molecule has 1 atom stereocenters. The van der Waals surface area contributed by atoms with Crippen LogP contribution in [0, 0.1) is 11.8 Å². The summed E-state index contributed by atoms with van der Waals surface area (Å²) in [6.45, 7) is 7.14. The van der Waals surface area contributed by atoms with Crippen molar-refractivity contribution >= 4 is 17.5 Å². The summed E-state index contributed by atoms with van der Waals surface area (Å²) >= 11 is 0. The number of nitrogens with zero attached hydrogens (tertiary/aromatic N) is 2. The van der Waals surface area contributed by atoms with Crippen LogP contribution in [-0.4, -0.2) is 48.6 Å². The normalized spacial score (nSPS) is 14.8. The number of nitrogens with one attached hydrogen (secondary N) is 2. The highest BCUT2D eigenvalue weighted by atomic mass is 16.5. The summed E-state index contributed by atoms with van der Waals surface area (Å²) in [4.78, 5) is 31.9. The third-order valence-corrected chi connectivity index (χ3v) is 6.22. The fourth-order valence-corrected chi connectivity index (χ4v) is 3.99. The average Bonchev–Trinajstić information content (AvgIpc) is 3.05. The maximum absolute atomic E-state index is 13.3. The Morgan fingerprint density at radius 3 is 2.72 bits per heavy atom. The Kier molecular flexibility index (Phi) is 8.84. The summed E-state index contributed by atoms with van der Waals surface area (Å²) in [5.74, 6) is 7.34. The van der Waals surface area contributed by atoms with Gasteiger partial charge in [-0.1, -0.05) is 43.4 Å². The van der Waals surface area contributed by atoms with Gasteiger partial charge in [0.05, 0.1) is 11.2 Å². The highest BCUT2D eigenvalue weighted by molar-refractivity contribution is 6.03. The average molecular weight is 527 g/mol. The largest absolute Gasteiger partial charge is 0.489 e. The van der Waals surface area contributed by atoms with Crippen LogP contribution in [0.2, 0.25) is 0 Å². The fourth-order valence-electron chi connectivity index (χ4n) is 3.99. The second kappa shape index (κ2) is 12.5. The molecule has 8 nitrogen and oxygen atoms in total. The first-order chi connectivity index (χ1) is 18.8. The fraction of sp³-hybridized carbons (Fsp3) is 0.323. The van der Waals surface area contributed by atoms with E-state index < -0.39 is 11.9 Å². The van der Waals surface area contributed by atoms with Crippen LogP contribution in [0.15, 0.2) is 66.9 Å². The Hall–Kier alpha value is -4.35. The van der Waals surface area contributed by atoms with E-state index in [0.29, 0.717) is 22.9 Å². The Morgan fingerprint density at radius 1 is 1.15 bits per heavy atom. The minimum atomic E-state index is -0.897. The van der Waals surface area contributed by atoms with Crippen molar-refractivity contribution in [3.63, 3.8) is 0 Å². The van der Waals surface area contributed by atoms with E-state index in [4.69, 9.17) is 9.47 Å². The number of hydrogen-bond acceptors (Lipinski definition) is 6. The smallest absolute Gasteiger partial charge is 0.270 e. The number of pyridine rings is 1. The van der Waals surface area contributed by atoms with Crippen molar-refractivity contribution in [2.75, 3.05) is 25.1 Å². The third-order valence-electron chi connectivity index (χ3n) is 6.22. The minimum Gasteiger partial charge on any atom is -0.489 e. The monoisotopic (exact) mass is 526 g/mol. The van der Waals surface area contributed by atoms with Gasteiger partial charge in [-0.15, -0.1) is 0 Å². The molecule has 0 fully saturated rings. The van der Waals surface area contributed by atoms with E-state index >= 15 is 0 Å². The molecule has 1 aromatic heterocycles. The summed E-state index contributed by atoms with van der Waals surface area (Å²) in [5, 5.41) is 6.21. The molecule has 2 heterocycles. The predicted octanol–water partition coefficient (Wildman–Crippen LogP) is 4.55. The zero-order chi connectivity index (χ0) is 27.8. The Morgan fingerprint density at radius 2 is 1.95 bits per heavy atom. The zero-order valence-electron chi connectivity index (χ0n) is 22.8. The van der Waals surface area contributed by atoms with Gasteiger partial charge in [0.1, 0.15) is 35.6 Å². The van der Waals surface area contributed by atoms with Crippen LogP contribution in [0.5, 0.6) is 17.2 Å². The Bertz CT molecular complexity index is 1380. The molecule has 2 amide bonds. The van der Waals surface area contributed by atoms with Crippen LogP contribution >= 0.6 is 0 Å². The van der Waals surface area contributed by atoms with Gasteiger partial charge in [-0.05, 0) is 63.2 Å². The lowest BCUT2D eigenvalue weighted by atomic mass is 10.0. The van der Waals surface area contributed by atoms with Crippen LogP contribution in [0.25, 0.3) is 0 Å². The molecule has 3 aromatic rings. The van der Waals surface area contributed by atoms with Gasteiger partial charge in [0.2, 0.25) is 0 Å². The van der Waals surface area contributed by atoms with Gasteiger partial charge in [-0.2, -0.15) is 0 Å². The molecule has 0 saturated carbocycles. The number of para-hydroxylation sites is 1. The molecule has 0 aliphatic carbocycles. The number of anilines is 1. The molecule has 1 aliphatic rings. The van der Waals surface area contributed by atoms with Crippen LogP contribution in [0.4, 0.5) is 5.69 Å². The van der Waals surface area contributed by atoms with E-state index in [0.717, 1.165) is 24.9 Å². The van der Waals surface area contributed by atoms with E-state index in [1.165, 1.54) is 17.2 Å². The number of benzene rings is 2. The number of carbonyl (C=O) groups is 2. The van der Waals surface area contributed by atoms with E-state index in [9.17, 15) is 9.59 Å². The molecule has 1 unspecified atom stereocenters. The van der Waals surface area contributed by atoms with E-state index in [-0.39, 0.29) is 23.7 Å². The molecule has 0 bridgehead atoms. The number of rotatable bonds is 8. The summed E-state index contributed by atoms with van der Waals surface area (Å²) < 4.78 is 11.7. The van der Waals surface area contributed by atoms with Crippen molar-refractivity contribution in [3.8, 4) is 29.1 Å². The molecule has 4 rings (SSSR count). The molecular formula is C31H34N4O4. The molecule has 0 radical (unpaired) electrons. The highest BCUT2D eigenvalue weighted by Crippen LogP contribution is 2.31. The van der Waals surface area contributed by atoms with Gasteiger partial charge >= 0.3 is 0 Å². The molecule has 0 spiro atoms. The first-order valence-corrected chi connectivity index (χ1v) is 13.1. The topological polar surface area (TPSA) is 92.8 Å². The summed E-state index contributed by atoms with van der Waals surface area (Å²) in [7, 11) is 1.66. The molecular weight excluding hydrogens is 492 g/mol. The molecule has 8 heteroatoms. The first kappa shape index (κ1) is 27.7. The Balaban J connectivity index is 1.44. The maximum atomic E-state index is 13.3. The lowest BCUT2D eigenvalue weighted by Crippen LogP contribution is -2.49. The van der Waals surface area contributed by atoms with Crippen molar-refractivity contribution in [2.45, 2.75) is 45.2 Å². The van der Waals surface area contributed by atoms with Gasteiger partial charge in [-0.25, -0.2) is 0 Å². The second-order valence-corrected chi connectivity index (χ2v) is 9.86. The third kappa shape index (κ3) is 7.37. The van der Waals surface area contributed by atoms with Crippen molar-refractivity contribution < 1.29 is 19.1 Å². The van der Waals surface area contributed by atoms with Gasteiger partial charge in [0, 0.05) is 24.9 Å². The second-order valence-electron chi connectivity index (χ2n) is 9.86. The predicted molar refractivity (Wildman–Crippen MR) is 151 cm³/mol. The van der Waals surface area contributed by atoms with Gasteiger partial charge in [-0.3, -0.25) is 14.6 Å². The standard InChI is InChI=1S/C31H34N4O4/c1-5-6-17-33-31(2,3)16-14-22-12-13-28-27(19-22)35(4)30(37)26(21-38-28)34-29(36)25-20-24(15-18-32-25)39-23-10-8-7-9-11-23/h7-13,15,18-20,26,33H,5-6,17,21H2,1-4H3,(H,34,36). The molecule has 39 heavy (non-hydrogen) atoms. The zero-order valence-corrected chi connectivity index (χ0v) is 22.8. The lowest BCUT2D eigenvalue weighted by Gasteiger charge is -2.21. The maximum Gasteiger partial charge on any atom is 0.270 e. The number of likely N-dealkylation sites (N-methyl/N-ethyl adjacent to an activating group) is 1. The lowest BCUT2D eigenvalue weighted by molar-refractivity contribution is -0.120. The summed E-state index contributed by atoms with van der Waals surface area (Å²) in [5.41, 5.74) is 1.15. The Labute approximate surface area is 229 Å². The number of amides is 2. The van der Waals surface area contributed by atoms with Crippen LogP contribution in [0.3, 0.4) is 0 Å². The van der Waals surface area contributed by atoms with Gasteiger partial charge in [0.15, 0.2) is 0 Å². The van der Waals surface area contributed by atoms with Crippen molar-refractivity contribution in [3.05, 3.63) is 78.1 Å². The minimum absolute atomic E-state index is 0.0124. The molecule has 1 aliphatic heterocycles. The SMILES string of the molecule is CCCCNC(C)(C)C#Cc1ccc2c(c1)N(C)C(=O)C(NC(=O)c1cc(Oc3ccccc3)ccn1)CO2. The van der Waals surface area contributed by atoms with Crippen molar-refractivity contribution in [1.82, 2.24) is 15.6 Å². The van der Waals surface area contributed by atoms with Gasteiger partial charge in [0.25, 0.3) is 11.8 Å². The molecule has 0 saturated heterocycles. The van der Waals surface area contributed by atoms with E-state index in [1.807, 2.05) is 56.3 Å². The van der Waals surface area contributed by atoms with E-state index in [1.54, 1.807) is 19.2 Å². The summed E-state index contributed by atoms with van der Waals surface area (Å²) in [6.07, 6.45) is 3.70. The highest BCUT2D eigenvalue weighted by Gasteiger charge is 2.31. The molecule has 202 valence electrons. The summed E-state index contributed by atoms with van der Waals surface area (Å²) in [6, 6.07) is 17.0. The number of fused-ring (bicyclic) bond motifs is 1. The van der Waals surface area contributed by atoms with Gasteiger partial charge < -0.3 is 25.0 Å². The van der Waals surface area contributed by atoms with Crippen LogP contribution in [0.1, 0.15) is 49.7 Å². The van der Waals surface area contributed by atoms with Crippen LogP contribution in [-0.2, 0) is 4.79 Å². The number of unbranched alkanes of at least 4 members (excludes halogenated alkanes) is 1. The number of aromatic nitrogens is 1. The number of hydrogen-bond donors (Lipinski definition) is 2. The van der Waals surface area contributed by atoms with E-state index in [2.05, 4.69) is 34.4 Å². The number of carbonyl (C=O) groups excluding carboxylic acids is 2. The van der Waals surface area contributed by atoms with Crippen molar-refractivity contribution in [2.24, 2.45) is 0 Å². The van der Waals surface area contributed by atoms with Crippen molar-refractivity contribution in [1.29, 1.82) is 0 Å². The number of ether oxygens (including phenoxy) is 2. The quantitative estimate of drug-likeness (QED) is 0.331. The first-order valence-electron chi connectivity index (χ1n) is 13.1. The molecule has 2 aromatic carbocycles.